The molecule has 1 fully saturated rings. The monoisotopic (exact) mass is 237 g/mol. The molecule has 1 aliphatic heterocycles. The summed E-state index contributed by atoms with van der Waals surface area (Å²) in [6.45, 7) is 10.5. The summed E-state index contributed by atoms with van der Waals surface area (Å²) < 4.78 is 10.7. The number of methoxy groups -OCH3 is 1. The van der Waals surface area contributed by atoms with Gasteiger partial charge in [-0.2, -0.15) is 0 Å². The van der Waals surface area contributed by atoms with E-state index in [2.05, 4.69) is 25.1 Å². The highest BCUT2D eigenvalue weighted by molar-refractivity contribution is 5.21. The van der Waals surface area contributed by atoms with Crippen molar-refractivity contribution in [1.82, 2.24) is 4.90 Å². The minimum absolute atomic E-state index is 0.305. The largest absolute Gasteiger partial charge is 0.491 e. The SMILES string of the molecule is C=C(/C=C\C(=C)OC1CCN(C)CC1)COC. The third-order valence-corrected chi connectivity index (χ3v) is 2.82. The van der Waals surface area contributed by atoms with Crippen molar-refractivity contribution in [1.29, 1.82) is 0 Å². The number of allylic oxidation sites excluding steroid dienone is 1. The Bertz CT molecular complexity index is 289. The normalized spacial score (nSPS) is 18.5. The highest BCUT2D eigenvalue weighted by Crippen LogP contribution is 2.15. The molecule has 0 aromatic heterocycles. The van der Waals surface area contributed by atoms with Crippen LogP contribution in [0.5, 0.6) is 0 Å². The van der Waals surface area contributed by atoms with E-state index in [0.717, 1.165) is 31.5 Å². The van der Waals surface area contributed by atoms with E-state index in [1.54, 1.807) is 7.11 Å². The molecule has 0 aliphatic carbocycles. The van der Waals surface area contributed by atoms with E-state index in [9.17, 15) is 0 Å². The third-order valence-electron chi connectivity index (χ3n) is 2.82. The molecule has 1 saturated heterocycles. The Hall–Kier alpha value is -1.06. The van der Waals surface area contributed by atoms with Crippen LogP contribution >= 0.6 is 0 Å². The first-order valence-electron chi connectivity index (χ1n) is 6.00. The zero-order valence-electron chi connectivity index (χ0n) is 10.9. The van der Waals surface area contributed by atoms with Gasteiger partial charge >= 0.3 is 0 Å². The molecule has 0 aromatic carbocycles. The zero-order chi connectivity index (χ0) is 12.7. The van der Waals surface area contributed by atoms with Crippen molar-refractivity contribution in [2.45, 2.75) is 18.9 Å². The van der Waals surface area contributed by atoms with Crippen LogP contribution in [0.1, 0.15) is 12.8 Å². The summed E-state index contributed by atoms with van der Waals surface area (Å²) in [6.07, 6.45) is 6.20. The summed E-state index contributed by atoms with van der Waals surface area (Å²) in [4.78, 5) is 2.32. The smallest absolute Gasteiger partial charge is 0.112 e. The fraction of sp³-hybridized carbons (Fsp3) is 0.571. The second kappa shape index (κ2) is 7.30. The Morgan fingerprint density at radius 2 is 1.94 bits per heavy atom. The molecule has 17 heavy (non-hydrogen) atoms. The van der Waals surface area contributed by atoms with Gasteiger partial charge in [0.2, 0.25) is 0 Å². The Morgan fingerprint density at radius 1 is 1.29 bits per heavy atom. The predicted molar refractivity (Wildman–Crippen MR) is 70.9 cm³/mol. The van der Waals surface area contributed by atoms with Crippen molar-refractivity contribution in [2.75, 3.05) is 33.9 Å². The first-order chi connectivity index (χ1) is 8.11. The van der Waals surface area contributed by atoms with Crippen LogP contribution < -0.4 is 0 Å². The highest BCUT2D eigenvalue weighted by atomic mass is 16.5. The van der Waals surface area contributed by atoms with Crippen LogP contribution in [0.2, 0.25) is 0 Å². The average Bonchev–Trinajstić information content (AvgIpc) is 2.30. The van der Waals surface area contributed by atoms with E-state index in [4.69, 9.17) is 9.47 Å². The van der Waals surface area contributed by atoms with Gasteiger partial charge in [0.15, 0.2) is 0 Å². The Kier molecular flexibility index (Phi) is 6.01. The number of ether oxygens (including phenoxy) is 2. The number of hydrogen-bond acceptors (Lipinski definition) is 3. The molecule has 0 spiro atoms. The van der Waals surface area contributed by atoms with Gasteiger partial charge in [0.05, 0.1) is 6.61 Å². The van der Waals surface area contributed by atoms with Gasteiger partial charge in [0, 0.05) is 20.2 Å². The first kappa shape index (κ1) is 14.0. The molecular weight excluding hydrogens is 214 g/mol. The lowest BCUT2D eigenvalue weighted by molar-refractivity contribution is 0.0648. The Labute approximate surface area is 104 Å². The van der Waals surface area contributed by atoms with Crippen molar-refractivity contribution >= 4 is 0 Å². The van der Waals surface area contributed by atoms with Crippen LogP contribution in [0.25, 0.3) is 0 Å². The van der Waals surface area contributed by atoms with Gasteiger partial charge in [-0.3, -0.25) is 0 Å². The lowest BCUT2D eigenvalue weighted by Crippen LogP contribution is -2.33. The van der Waals surface area contributed by atoms with E-state index < -0.39 is 0 Å². The van der Waals surface area contributed by atoms with E-state index in [0.29, 0.717) is 18.5 Å². The zero-order valence-corrected chi connectivity index (χ0v) is 10.9. The van der Waals surface area contributed by atoms with E-state index in [1.165, 1.54) is 0 Å². The van der Waals surface area contributed by atoms with E-state index >= 15 is 0 Å². The number of likely N-dealkylation sites (tertiary alicyclic amines) is 1. The minimum Gasteiger partial charge on any atom is -0.491 e. The summed E-state index contributed by atoms with van der Waals surface area (Å²) in [5, 5.41) is 0. The van der Waals surface area contributed by atoms with Crippen molar-refractivity contribution in [2.24, 2.45) is 0 Å². The predicted octanol–water partition coefficient (Wildman–Crippen LogP) is 2.37. The molecule has 3 heteroatoms. The fourth-order valence-electron chi connectivity index (χ4n) is 1.80. The summed E-state index contributed by atoms with van der Waals surface area (Å²) in [5.74, 6) is 0.705. The quantitative estimate of drug-likeness (QED) is 0.523. The van der Waals surface area contributed by atoms with Gasteiger partial charge in [-0.15, -0.1) is 0 Å². The molecule has 3 nitrogen and oxygen atoms in total. The van der Waals surface area contributed by atoms with Crippen LogP contribution in [0.3, 0.4) is 0 Å². The van der Waals surface area contributed by atoms with Gasteiger partial charge in [-0.1, -0.05) is 19.2 Å². The van der Waals surface area contributed by atoms with Gasteiger partial charge in [-0.05, 0) is 31.5 Å². The van der Waals surface area contributed by atoms with Crippen molar-refractivity contribution in [3.63, 3.8) is 0 Å². The van der Waals surface area contributed by atoms with Crippen LogP contribution in [0.15, 0.2) is 36.6 Å². The molecule has 0 radical (unpaired) electrons. The maximum absolute atomic E-state index is 5.78. The van der Waals surface area contributed by atoms with Gasteiger partial charge in [0.1, 0.15) is 11.9 Å². The Morgan fingerprint density at radius 3 is 2.53 bits per heavy atom. The molecule has 0 amide bonds. The molecule has 0 saturated carbocycles. The number of hydrogen-bond donors (Lipinski definition) is 0. The minimum atomic E-state index is 0.305. The standard InChI is InChI=1S/C14H23NO2/c1-12(11-16-4)5-6-13(2)17-14-7-9-15(3)10-8-14/h5-6,14H,1-2,7-11H2,3-4H3/b6-5-. The highest BCUT2D eigenvalue weighted by Gasteiger charge is 2.17. The maximum Gasteiger partial charge on any atom is 0.112 e. The first-order valence-corrected chi connectivity index (χ1v) is 6.00. The molecule has 1 heterocycles. The lowest BCUT2D eigenvalue weighted by Gasteiger charge is -2.29. The molecular formula is C14H23NO2. The van der Waals surface area contributed by atoms with Crippen LogP contribution in [0.4, 0.5) is 0 Å². The second-order valence-electron chi connectivity index (χ2n) is 4.51. The fourth-order valence-corrected chi connectivity index (χ4v) is 1.80. The maximum atomic E-state index is 5.78. The van der Waals surface area contributed by atoms with E-state index in [-0.39, 0.29) is 0 Å². The lowest BCUT2D eigenvalue weighted by atomic mass is 10.1. The molecule has 0 N–H and O–H groups in total. The van der Waals surface area contributed by atoms with Gasteiger partial charge < -0.3 is 14.4 Å². The average molecular weight is 237 g/mol. The third kappa shape index (κ3) is 5.71. The summed E-state index contributed by atoms with van der Waals surface area (Å²) in [5.41, 5.74) is 0.917. The van der Waals surface area contributed by atoms with Crippen LogP contribution in [-0.4, -0.2) is 44.9 Å². The summed E-state index contributed by atoms with van der Waals surface area (Å²) in [6, 6.07) is 0. The van der Waals surface area contributed by atoms with Crippen LogP contribution in [-0.2, 0) is 9.47 Å². The van der Waals surface area contributed by atoms with Crippen molar-refractivity contribution < 1.29 is 9.47 Å². The number of piperidine rings is 1. The molecule has 0 atom stereocenters. The van der Waals surface area contributed by atoms with Gasteiger partial charge in [-0.25, -0.2) is 0 Å². The molecule has 1 rings (SSSR count). The van der Waals surface area contributed by atoms with E-state index in [1.807, 2.05) is 12.2 Å². The molecule has 0 aromatic rings. The molecule has 0 bridgehead atoms. The number of rotatable bonds is 6. The number of nitrogens with zero attached hydrogens (tertiary/aromatic N) is 1. The molecule has 0 unspecified atom stereocenters. The second-order valence-corrected chi connectivity index (χ2v) is 4.51. The van der Waals surface area contributed by atoms with Crippen molar-refractivity contribution in [3.8, 4) is 0 Å². The topological polar surface area (TPSA) is 21.7 Å². The molecule has 96 valence electrons. The summed E-state index contributed by atoms with van der Waals surface area (Å²) in [7, 11) is 3.79. The Balaban J connectivity index is 2.27. The van der Waals surface area contributed by atoms with Crippen LogP contribution in [0, 0.1) is 0 Å². The molecule has 1 aliphatic rings. The van der Waals surface area contributed by atoms with Crippen molar-refractivity contribution in [3.05, 3.63) is 36.6 Å². The van der Waals surface area contributed by atoms with Gasteiger partial charge in [0.25, 0.3) is 0 Å². The summed E-state index contributed by atoms with van der Waals surface area (Å²) >= 11 is 0.